The van der Waals surface area contributed by atoms with Crippen LogP contribution in [0.3, 0.4) is 0 Å². The fourth-order valence-corrected chi connectivity index (χ4v) is 3.75. The minimum absolute atomic E-state index is 0.957. The molecule has 2 atom stereocenters. The van der Waals surface area contributed by atoms with E-state index in [2.05, 4.69) is 48.5 Å². The molecular formula is C23H50. The third kappa shape index (κ3) is 20.0. The Morgan fingerprint density at radius 2 is 0.739 bits per heavy atom. The lowest BCUT2D eigenvalue weighted by Crippen LogP contribution is -1.98. The molecule has 2 unspecified atom stereocenters. The molecule has 0 aliphatic carbocycles. The van der Waals surface area contributed by atoms with Crippen LogP contribution in [0.2, 0.25) is 0 Å². The van der Waals surface area contributed by atoms with Crippen molar-refractivity contribution in [3.05, 3.63) is 0 Å². The zero-order chi connectivity index (χ0) is 17.9. The summed E-state index contributed by atoms with van der Waals surface area (Å²) in [6, 6.07) is 0. The van der Waals surface area contributed by atoms with Crippen LogP contribution in [0.5, 0.6) is 0 Å². The first-order valence-electron chi connectivity index (χ1n) is 11.0. The van der Waals surface area contributed by atoms with Gasteiger partial charge in [-0.1, -0.05) is 132 Å². The van der Waals surface area contributed by atoms with Gasteiger partial charge in [-0.2, -0.15) is 0 Å². The lowest BCUT2D eigenvalue weighted by Gasteiger charge is -2.12. The van der Waals surface area contributed by atoms with Crippen molar-refractivity contribution in [3.8, 4) is 0 Å². The average molecular weight is 327 g/mol. The highest BCUT2D eigenvalue weighted by molar-refractivity contribution is 4.57. The summed E-state index contributed by atoms with van der Waals surface area (Å²) in [4.78, 5) is 0. The molecule has 0 amide bonds. The number of hydrogen-bond acceptors (Lipinski definition) is 0. The predicted molar refractivity (Wildman–Crippen MR) is 110 cm³/mol. The summed E-state index contributed by atoms with van der Waals surface area (Å²) in [7, 11) is 0. The van der Waals surface area contributed by atoms with E-state index in [1.54, 1.807) is 0 Å². The highest BCUT2D eigenvalue weighted by Crippen LogP contribution is 2.19. The molecule has 23 heavy (non-hydrogen) atoms. The molecular weight excluding hydrogens is 276 g/mol. The van der Waals surface area contributed by atoms with Crippen molar-refractivity contribution in [2.45, 2.75) is 132 Å². The summed E-state index contributed by atoms with van der Waals surface area (Å²) in [5, 5.41) is 0. The molecule has 0 rings (SSSR count). The lowest BCUT2D eigenvalue weighted by atomic mass is 9.94. The molecule has 0 radical (unpaired) electrons. The SMILES string of the molecule is CCCC(C)CCCC(C)CCC.CCCC(CCC)CCC. The molecule has 0 heteroatoms. The predicted octanol–water partition coefficient (Wildman–Crippen LogP) is 9.03. The summed E-state index contributed by atoms with van der Waals surface area (Å²) in [5.74, 6) is 2.94. The Balaban J connectivity index is 0. The molecule has 0 saturated heterocycles. The molecule has 0 fully saturated rings. The summed E-state index contributed by atoms with van der Waals surface area (Å²) in [6.45, 7) is 16.2. The standard InChI is InChI=1S/C13H28.C10H22/c1-5-8-12(3)10-7-11-13(4)9-6-2;1-4-7-10(8-5-2)9-6-3/h12-13H,5-11H2,1-4H3;10H,4-9H2,1-3H3. The van der Waals surface area contributed by atoms with Gasteiger partial charge in [0.05, 0.1) is 0 Å². The topological polar surface area (TPSA) is 0 Å². The molecule has 0 aromatic rings. The zero-order valence-electron chi connectivity index (χ0n) is 17.9. The van der Waals surface area contributed by atoms with E-state index in [0.29, 0.717) is 0 Å². The van der Waals surface area contributed by atoms with E-state index < -0.39 is 0 Å². The van der Waals surface area contributed by atoms with Crippen molar-refractivity contribution in [2.24, 2.45) is 17.8 Å². The highest BCUT2D eigenvalue weighted by atomic mass is 14.1. The van der Waals surface area contributed by atoms with Crippen LogP contribution in [0.25, 0.3) is 0 Å². The second-order valence-electron chi connectivity index (χ2n) is 7.95. The van der Waals surface area contributed by atoms with Gasteiger partial charge in [0.1, 0.15) is 0 Å². The van der Waals surface area contributed by atoms with E-state index >= 15 is 0 Å². The van der Waals surface area contributed by atoms with E-state index in [1.807, 2.05) is 0 Å². The summed E-state index contributed by atoms with van der Waals surface area (Å²) in [5.41, 5.74) is 0. The Bertz CT molecular complexity index is 170. The number of hydrogen-bond donors (Lipinski definition) is 0. The second-order valence-corrected chi connectivity index (χ2v) is 7.95. The maximum absolute atomic E-state index is 2.40. The maximum Gasteiger partial charge on any atom is -0.0415 e. The molecule has 0 spiro atoms. The first-order valence-corrected chi connectivity index (χ1v) is 11.0. The number of rotatable bonds is 14. The van der Waals surface area contributed by atoms with Gasteiger partial charge in [0.25, 0.3) is 0 Å². The van der Waals surface area contributed by atoms with Crippen molar-refractivity contribution in [1.29, 1.82) is 0 Å². The molecule has 0 aliphatic rings. The molecule has 0 N–H and O–H groups in total. The highest BCUT2D eigenvalue weighted by Gasteiger charge is 2.04. The second kappa shape index (κ2) is 20.0. The first kappa shape index (κ1) is 25.2. The fraction of sp³-hybridized carbons (Fsp3) is 1.00. The van der Waals surface area contributed by atoms with Crippen LogP contribution in [0.4, 0.5) is 0 Å². The quantitative estimate of drug-likeness (QED) is 0.298. The van der Waals surface area contributed by atoms with Crippen molar-refractivity contribution >= 4 is 0 Å². The summed E-state index contributed by atoms with van der Waals surface area (Å²) < 4.78 is 0. The van der Waals surface area contributed by atoms with E-state index in [0.717, 1.165) is 17.8 Å². The van der Waals surface area contributed by atoms with Crippen LogP contribution in [0, 0.1) is 17.8 Å². The van der Waals surface area contributed by atoms with Gasteiger partial charge < -0.3 is 0 Å². The van der Waals surface area contributed by atoms with Crippen molar-refractivity contribution in [2.75, 3.05) is 0 Å². The van der Waals surface area contributed by atoms with Gasteiger partial charge in [-0.15, -0.1) is 0 Å². The molecule has 0 aromatic carbocycles. The molecule has 142 valence electrons. The van der Waals surface area contributed by atoms with Gasteiger partial charge >= 0.3 is 0 Å². The van der Waals surface area contributed by atoms with Crippen LogP contribution < -0.4 is 0 Å². The summed E-state index contributed by atoms with van der Waals surface area (Å²) in [6.07, 6.45) is 18.3. The van der Waals surface area contributed by atoms with Crippen LogP contribution in [-0.4, -0.2) is 0 Å². The maximum atomic E-state index is 2.40. The Morgan fingerprint density at radius 3 is 1.00 bits per heavy atom. The van der Waals surface area contributed by atoms with Gasteiger partial charge in [-0.25, -0.2) is 0 Å². The first-order chi connectivity index (χ1) is 11.0. The molecule has 0 aliphatic heterocycles. The molecule has 0 aromatic heterocycles. The zero-order valence-corrected chi connectivity index (χ0v) is 17.9. The molecule has 0 heterocycles. The van der Waals surface area contributed by atoms with E-state index in [-0.39, 0.29) is 0 Å². The normalized spacial score (nSPS) is 13.6. The fourth-order valence-electron chi connectivity index (χ4n) is 3.75. The monoisotopic (exact) mass is 326 g/mol. The molecule has 0 bridgehead atoms. The van der Waals surface area contributed by atoms with Gasteiger partial charge in [-0.3, -0.25) is 0 Å². The molecule has 0 saturated carbocycles. The third-order valence-corrected chi connectivity index (χ3v) is 5.05. The lowest BCUT2D eigenvalue weighted by molar-refractivity contribution is 0.407. The Hall–Kier alpha value is 0. The van der Waals surface area contributed by atoms with Crippen molar-refractivity contribution in [3.63, 3.8) is 0 Å². The Morgan fingerprint density at radius 1 is 0.435 bits per heavy atom. The Labute approximate surface area is 150 Å². The largest absolute Gasteiger partial charge is 0.0654 e. The minimum atomic E-state index is 0.957. The summed E-state index contributed by atoms with van der Waals surface area (Å²) >= 11 is 0. The Kier molecular flexibility index (Phi) is 22.0. The smallest absolute Gasteiger partial charge is 0.0415 e. The van der Waals surface area contributed by atoms with Crippen molar-refractivity contribution < 1.29 is 0 Å². The van der Waals surface area contributed by atoms with E-state index in [4.69, 9.17) is 0 Å². The average Bonchev–Trinajstić information content (AvgIpc) is 2.49. The third-order valence-electron chi connectivity index (χ3n) is 5.05. The van der Waals surface area contributed by atoms with Crippen molar-refractivity contribution in [1.82, 2.24) is 0 Å². The van der Waals surface area contributed by atoms with Crippen LogP contribution >= 0.6 is 0 Å². The van der Waals surface area contributed by atoms with Gasteiger partial charge in [0.15, 0.2) is 0 Å². The minimum Gasteiger partial charge on any atom is -0.0654 e. The van der Waals surface area contributed by atoms with Gasteiger partial charge in [0.2, 0.25) is 0 Å². The van der Waals surface area contributed by atoms with E-state index in [9.17, 15) is 0 Å². The van der Waals surface area contributed by atoms with Crippen LogP contribution in [0.1, 0.15) is 132 Å². The van der Waals surface area contributed by atoms with E-state index in [1.165, 1.54) is 83.5 Å². The van der Waals surface area contributed by atoms with Crippen LogP contribution in [-0.2, 0) is 0 Å². The molecule has 0 nitrogen and oxygen atoms in total. The van der Waals surface area contributed by atoms with Gasteiger partial charge in [0, 0.05) is 0 Å². The van der Waals surface area contributed by atoms with Crippen LogP contribution in [0.15, 0.2) is 0 Å². The van der Waals surface area contributed by atoms with Gasteiger partial charge in [-0.05, 0) is 17.8 Å².